The van der Waals surface area contributed by atoms with Crippen molar-refractivity contribution in [2.45, 2.75) is 39.9 Å². The summed E-state index contributed by atoms with van der Waals surface area (Å²) in [6, 6.07) is 1.26. The first-order chi connectivity index (χ1) is 10.2. The molecule has 7 heteroatoms. The second-order valence-electron chi connectivity index (χ2n) is 5.22. The van der Waals surface area contributed by atoms with Crippen molar-refractivity contribution in [3.8, 4) is 0 Å². The Balaban J connectivity index is 3.20. The second kappa shape index (κ2) is 7.53. The minimum absolute atomic E-state index is 0.280. The zero-order valence-electron chi connectivity index (χ0n) is 13.3. The lowest BCUT2D eigenvalue weighted by molar-refractivity contribution is -0.150. The van der Waals surface area contributed by atoms with Crippen molar-refractivity contribution < 1.29 is 19.1 Å². The number of aromatic nitrogens is 2. The van der Waals surface area contributed by atoms with E-state index < -0.39 is 11.9 Å². The topological polar surface area (TPSA) is 87.5 Å². The Morgan fingerprint density at radius 2 is 1.64 bits per heavy atom. The van der Waals surface area contributed by atoms with Crippen LogP contribution in [0, 0.1) is 0 Å². The number of ether oxygens (including phenoxy) is 2. The molecule has 0 atom stereocenters. The maximum absolute atomic E-state index is 12.0. The molecule has 120 valence electrons. The molecule has 0 saturated heterocycles. The monoisotopic (exact) mass is 308 g/mol. The number of carbonyl (C=O) groups excluding carboxylic acids is 2. The van der Waals surface area contributed by atoms with Gasteiger partial charge in [0.05, 0.1) is 18.4 Å². The lowest BCUT2D eigenvalue weighted by atomic mass is 10.1. The zero-order chi connectivity index (χ0) is 16.9. The highest BCUT2D eigenvalue weighted by Crippen LogP contribution is 2.11. The van der Waals surface area contributed by atoms with E-state index in [1.54, 1.807) is 27.7 Å². The Bertz CT molecular complexity index is 620. The van der Waals surface area contributed by atoms with Crippen LogP contribution in [0.15, 0.2) is 22.6 Å². The van der Waals surface area contributed by atoms with Gasteiger partial charge in [-0.25, -0.2) is 14.3 Å². The molecular weight excluding hydrogens is 288 g/mol. The van der Waals surface area contributed by atoms with E-state index in [0.717, 1.165) is 4.68 Å². The van der Waals surface area contributed by atoms with Crippen molar-refractivity contribution in [3.05, 3.63) is 33.8 Å². The lowest BCUT2D eigenvalue weighted by Gasteiger charge is -2.12. The highest BCUT2D eigenvalue weighted by molar-refractivity contribution is 6.17. The molecule has 7 nitrogen and oxygen atoms in total. The quantitative estimate of drug-likeness (QED) is 0.350. The fourth-order valence-electron chi connectivity index (χ4n) is 1.49. The van der Waals surface area contributed by atoms with Crippen molar-refractivity contribution in [3.63, 3.8) is 0 Å². The summed E-state index contributed by atoms with van der Waals surface area (Å²) in [5.41, 5.74) is -0.320. The number of aryl methyl sites for hydroxylation is 1. The van der Waals surface area contributed by atoms with Crippen LogP contribution in [0.2, 0.25) is 0 Å². The summed E-state index contributed by atoms with van der Waals surface area (Å²) in [7, 11) is 1.50. The second-order valence-corrected chi connectivity index (χ2v) is 5.22. The molecule has 0 saturated carbocycles. The summed E-state index contributed by atoms with van der Waals surface area (Å²) in [5, 5.41) is 3.83. The van der Waals surface area contributed by atoms with Gasteiger partial charge in [0.15, 0.2) is 0 Å². The highest BCUT2D eigenvalue weighted by Gasteiger charge is 2.23. The van der Waals surface area contributed by atoms with Gasteiger partial charge in [0.2, 0.25) is 0 Å². The summed E-state index contributed by atoms with van der Waals surface area (Å²) in [6.07, 6.45) is 1.84. The minimum Gasteiger partial charge on any atom is -0.459 e. The Kier molecular flexibility index (Phi) is 6.03. The van der Waals surface area contributed by atoms with Crippen molar-refractivity contribution in [2.75, 3.05) is 0 Å². The first-order valence-electron chi connectivity index (χ1n) is 6.87. The van der Waals surface area contributed by atoms with Crippen molar-refractivity contribution in [2.24, 2.45) is 7.05 Å². The summed E-state index contributed by atoms with van der Waals surface area (Å²) in [6.45, 7) is 6.68. The third-order valence-electron chi connectivity index (χ3n) is 2.43. The van der Waals surface area contributed by atoms with Gasteiger partial charge in [-0.05, 0) is 33.8 Å². The third kappa shape index (κ3) is 5.16. The van der Waals surface area contributed by atoms with Crippen LogP contribution in [-0.4, -0.2) is 33.9 Å². The SMILES string of the molecule is CC(C)OC(=O)C(=Cc1cnn(C)c(=O)c1)C(=O)OC(C)C. The molecule has 0 unspecified atom stereocenters. The van der Waals surface area contributed by atoms with Crippen LogP contribution in [0.3, 0.4) is 0 Å². The predicted octanol–water partition coefficient (Wildman–Crippen LogP) is 1.07. The smallest absolute Gasteiger partial charge is 0.345 e. The standard InChI is InChI=1S/C15H20N2O5/c1-9(2)21-14(19)12(15(20)22-10(3)4)6-11-7-13(18)17(5)16-8-11/h6-10H,1-5H3. The summed E-state index contributed by atoms with van der Waals surface area (Å²) in [5.74, 6) is -1.61. The normalized spacial score (nSPS) is 10.5. The van der Waals surface area contributed by atoms with Gasteiger partial charge in [-0.15, -0.1) is 0 Å². The van der Waals surface area contributed by atoms with Crippen LogP contribution in [0.1, 0.15) is 33.3 Å². The lowest BCUT2D eigenvalue weighted by Crippen LogP contribution is -2.23. The average molecular weight is 308 g/mol. The van der Waals surface area contributed by atoms with Gasteiger partial charge < -0.3 is 9.47 Å². The molecule has 1 aromatic heterocycles. The number of hydrogen-bond donors (Lipinski definition) is 0. The predicted molar refractivity (Wildman–Crippen MR) is 79.9 cm³/mol. The molecule has 0 radical (unpaired) electrons. The Morgan fingerprint density at radius 1 is 1.14 bits per heavy atom. The number of carbonyl (C=O) groups is 2. The van der Waals surface area contributed by atoms with Crippen LogP contribution in [0.5, 0.6) is 0 Å². The summed E-state index contributed by atoms with van der Waals surface area (Å²) >= 11 is 0. The highest BCUT2D eigenvalue weighted by atomic mass is 16.6. The number of nitrogens with zero attached hydrogens (tertiary/aromatic N) is 2. The minimum atomic E-state index is -0.804. The molecule has 0 spiro atoms. The van der Waals surface area contributed by atoms with E-state index in [1.165, 1.54) is 25.4 Å². The van der Waals surface area contributed by atoms with E-state index >= 15 is 0 Å². The van der Waals surface area contributed by atoms with Gasteiger partial charge in [0.1, 0.15) is 5.57 Å². The van der Waals surface area contributed by atoms with E-state index in [4.69, 9.17) is 9.47 Å². The Labute approximate surface area is 128 Å². The Morgan fingerprint density at radius 3 is 2.05 bits per heavy atom. The zero-order valence-corrected chi connectivity index (χ0v) is 13.3. The van der Waals surface area contributed by atoms with Gasteiger partial charge in [-0.2, -0.15) is 5.10 Å². The molecule has 1 rings (SSSR count). The molecule has 0 aliphatic carbocycles. The molecular formula is C15H20N2O5. The number of hydrogen-bond acceptors (Lipinski definition) is 6. The van der Waals surface area contributed by atoms with Gasteiger partial charge in [-0.1, -0.05) is 0 Å². The molecule has 0 aliphatic heterocycles. The van der Waals surface area contributed by atoms with Gasteiger partial charge in [0.25, 0.3) is 5.56 Å². The van der Waals surface area contributed by atoms with Crippen molar-refractivity contribution >= 4 is 18.0 Å². The van der Waals surface area contributed by atoms with Crippen LogP contribution in [0.25, 0.3) is 6.08 Å². The largest absolute Gasteiger partial charge is 0.459 e. The van der Waals surface area contributed by atoms with E-state index in [-0.39, 0.29) is 23.3 Å². The van der Waals surface area contributed by atoms with E-state index in [0.29, 0.717) is 5.56 Å². The van der Waals surface area contributed by atoms with E-state index in [2.05, 4.69) is 5.10 Å². The molecule has 0 bridgehead atoms. The first kappa shape index (κ1) is 17.6. The van der Waals surface area contributed by atoms with Crippen LogP contribution in [0.4, 0.5) is 0 Å². The Hall–Kier alpha value is -2.44. The van der Waals surface area contributed by atoms with E-state index in [9.17, 15) is 14.4 Å². The maximum Gasteiger partial charge on any atom is 0.345 e. The van der Waals surface area contributed by atoms with Gasteiger partial charge in [-0.3, -0.25) is 4.79 Å². The maximum atomic E-state index is 12.0. The molecule has 0 aromatic carbocycles. The molecule has 22 heavy (non-hydrogen) atoms. The number of rotatable bonds is 5. The molecule has 0 aliphatic rings. The molecule has 0 amide bonds. The van der Waals surface area contributed by atoms with Crippen LogP contribution in [-0.2, 0) is 26.1 Å². The van der Waals surface area contributed by atoms with Crippen molar-refractivity contribution in [1.82, 2.24) is 9.78 Å². The van der Waals surface area contributed by atoms with Gasteiger partial charge in [0, 0.05) is 18.7 Å². The molecule has 1 aromatic rings. The van der Waals surface area contributed by atoms with Gasteiger partial charge >= 0.3 is 11.9 Å². The summed E-state index contributed by atoms with van der Waals surface area (Å²) < 4.78 is 11.2. The molecule has 0 N–H and O–H groups in total. The fraction of sp³-hybridized carbons (Fsp3) is 0.467. The first-order valence-corrected chi connectivity index (χ1v) is 6.87. The van der Waals surface area contributed by atoms with Crippen LogP contribution < -0.4 is 5.56 Å². The number of esters is 2. The molecule has 1 heterocycles. The third-order valence-corrected chi connectivity index (χ3v) is 2.43. The average Bonchev–Trinajstić information content (AvgIpc) is 2.38. The fourth-order valence-corrected chi connectivity index (χ4v) is 1.49. The molecule has 0 fully saturated rings. The summed E-state index contributed by atoms with van der Waals surface area (Å²) in [4.78, 5) is 35.6. The van der Waals surface area contributed by atoms with Crippen LogP contribution >= 0.6 is 0 Å². The van der Waals surface area contributed by atoms with Crippen molar-refractivity contribution in [1.29, 1.82) is 0 Å². The van der Waals surface area contributed by atoms with E-state index in [1.807, 2.05) is 0 Å².